The minimum atomic E-state index is -0.762. The molecule has 2 aromatic rings. The Morgan fingerprint density at radius 1 is 1.21 bits per heavy atom. The van der Waals surface area contributed by atoms with Crippen molar-refractivity contribution in [2.24, 2.45) is 5.73 Å². The lowest BCUT2D eigenvalue weighted by Crippen LogP contribution is -2.38. The zero-order valence-electron chi connectivity index (χ0n) is 11.1. The van der Waals surface area contributed by atoms with Crippen LogP contribution in [-0.4, -0.2) is 15.9 Å². The van der Waals surface area contributed by atoms with Gasteiger partial charge in [0.2, 0.25) is 5.91 Å². The Bertz CT molecular complexity index is 566. The van der Waals surface area contributed by atoms with Crippen LogP contribution in [0.2, 0.25) is 0 Å². The molecule has 1 unspecified atom stereocenters. The molecule has 0 fully saturated rings. The molecule has 98 valence electrons. The molecule has 1 heterocycles. The predicted octanol–water partition coefficient (Wildman–Crippen LogP) is 2.30. The molecule has 1 aromatic heterocycles. The third-order valence-corrected chi connectivity index (χ3v) is 3.54. The molecule has 0 bridgehead atoms. The lowest BCUT2D eigenvalue weighted by Gasteiger charge is -2.23. The summed E-state index contributed by atoms with van der Waals surface area (Å²) in [5.74, 6) is -0.378. The van der Waals surface area contributed by atoms with Gasteiger partial charge in [-0.2, -0.15) is 0 Å². The van der Waals surface area contributed by atoms with Crippen LogP contribution in [0.4, 0.5) is 0 Å². The fourth-order valence-electron chi connectivity index (χ4n) is 1.85. The third kappa shape index (κ3) is 2.47. The molecular weight excluding hydrogens is 238 g/mol. The maximum Gasteiger partial charge on any atom is 0.229 e. The summed E-state index contributed by atoms with van der Waals surface area (Å²) in [6.07, 6.45) is 3.92. The number of rotatable bonds is 4. The zero-order valence-corrected chi connectivity index (χ0v) is 11.1. The van der Waals surface area contributed by atoms with E-state index in [4.69, 9.17) is 5.73 Å². The summed E-state index contributed by atoms with van der Waals surface area (Å²) >= 11 is 0. The number of carbonyl (C=O) groups excluding carboxylic acids is 1. The number of nitrogens with zero attached hydrogens (tertiary/aromatic N) is 2. The molecule has 0 aliphatic carbocycles. The number of primary amides is 1. The molecule has 0 spiro atoms. The van der Waals surface area contributed by atoms with E-state index in [-0.39, 0.29) is 5.91 Å². The van der Waals surface area contributed by atoms with Crippen LogP contribution in [0, 0.1) is 0 Å². The Labute approximate surface area is 112 Å². The molecule has 0 radical (unpaired) electrons. The molecule has 0 aliphatic rings. The molecule has 0 saturated carbocycles. The van der Waals surface area contributed by atoms with Crippen molar-refractivity contribution < 1.29 is 4.79 Å². The van der Waals surface area contributed by atoms with Crippen LogP contribution in [0.3, 0.4) is 0 Å². The zero-order chi connectivity index (χ0) is 13.9. The van der Waals surface area contributed by atoms with E-state index in [0.717, 1.165) is 11.3 Å². The first-order valence-corrected chi connectivity index (χ1v) is 6.26. The Balaban J connectivity index is 2.36. The van der Waals surface area contributed by atoms with Gasteiger partial charge >= 0.3 is 0 Å². The van der Waals surface area contributed by atoms with E-state index in [1.807, 2.05) is 37.3 Å². The highest BCUT2D eigenvalue weighted by atomic mass is 16.1. The van der Waals surface area contributed by atoms with Gasteiger partial charge in [-0.3, -0.25) is 14.8 Å². The van der Waals surface area contributed by atoms with E-state index in [1.54, 1.807) is 19.3 Å². The fraction of sp³-hybridized carbons (Fsp3) is 0.267. The Hall–Kier alpha value is -2.23. The summed E-state index contributed by atoms with van der Waals surface area (Å²) < 4.78 is 0. The predicted molar refractivity (Wildman–Crippen MR) is 74.3 cm³/mol. The van der Waals surface area contributed by atoms with E-state index in [0.29, 0.717) is 12.1 Å². The van der Waals surface area contributed by atoms with Gasteiger partial charge in [0.25, 0.3) is 0 Å². The van der Waals surface area contributed by atoms with Crippen LogP contribution in [0.1, 0.15) is 26.0 Å². The second-order valence-corrected chi connectivity index (χ2v) is 4.70. The lowest BCUT2D eigenvalue weighted by atomic mass is 9.83. The smallest absolute Gasteiger partial charge is 0.229 e. The number of nitrogens with two attached hydrogens (primary N) is 1. The molecule has 2 N–H and O–H groups in total. The topological polar surface area (TPSA) is 68.9 Å². The number of carbonyl (C=O) groups is 1. The number of hydrogen-bond donors (Lipinski definition) is 1. The van der Waals surface area contributed by atoms with E-state index in [2.05, 4.69) is 9.97 Å². The number of hydrogen-bond acceptors (Lipinski definition) is 3. The quantitative estimate of drug-likeness (QED) is 0.911. The van der Waals surface area contributed by atoms with Crippen molar-refractivity contribution in [1.29, 1.82) is 0 Å². The molecular formula is C15H17N3O. The highest BCUT2D eigenvalue weighted by molar-refractivity contribution is 5.85. The summed E-state index contributed by atoms with van der Waals surface area (Å²) in [5, 5.41) is 0. The van der Waals surface area contributed by atoms with Crippen LogP contribution in [-0.2, 0) is 10.2 Å². The molecule has 1 aromatic carbocycles. The molecule has 0 aliphatic heterocycles. The average molecular weight is 255 g/mol. The monoisotopic (exact) mass is 255 g/mol. The van der Waals surface area contributed by atoms with Crippen molar-refractivity contribution in [3.8, 4) is 11.3 Å². The van der Waals surface area contributed by atoms with Gasteiger partial charge in [-0.05, 0) is 13.3 Å². The lowest BCUT2D eigenvalue weighted by molar-refractivity contribution is -0.123. The van der Waals surface area contributed by atoms with E-state index in [9.17, 15) is 4.79 Å². The maximum absolute atomic E-state index is 11.6. The van der Waals surface area contributed by atoms with E-state index < -0.39 is 5.41 Å². The van der Waals surface area contributed by atoms with Crippen LogP contribution in [0.5, 0.6) is 0 Å². The van der Waals surface area contributed by atoms with Crippen molar-refractivity contribution in [2.45, 2.75) is 25.7 Å². The summed E-state index contributed by atoms with van der Waals surface area (Å²) in [7, 11) is 0. The normalized spacial score (nSPS) is 13.8. The molecule has 0 saturated heterocycles. The van der Waals surface area contributed by atoms with Gasteiger partial charge in [-0.15, -0.1) is 0 Å². The number of benzene rings is 1. The summed E-state index contributed by atoms with van der Waals surface area (Å²) in [5.41, 5.74) is 7.09. The van der Waals surface area contributed by atoms with Crippen molar-refractivity contribution in [2.75, 3.05) is 0 Å². The number of amides is 1. The van der Waals surface area contributed by atoms with Gasteiger partial charge in [0.05, 0.1) is 29.2 Å². The third-order valence-electron chi connectivity index (χ3n) is 3.54. The standard InChI is InChI=1S/C15H17N3O/c1-3-15(2,14(16)19)13-10-17-12(9-18-13)11-7-5-4-6-8-11/h4-10H,3H2,1-2H3,(H2,16,19). The van der Waals surface area contributed by atoms with Crippen molar-refractivity contribution >= 4 is 5.91 Å². The van der Waals surface area contributed by atoms with Gasteiger partial charge < -0.3 is 5.73 Å². The second-order valence-electron chi connectivity index (χ2n) is 4.70. The van der Waals surface area contributed by atoms with Gasteiger partial charge in [0.15, 0.2) is 0 Å². The summed E-state index contributed by atoms with van der Waals surface area (Å²) in [6, 6.07) is 9.79. The van der Waals surface area contributed by atoms with E-state index >= 15 is 0 Å². The largest absolute Gasteiger partial charge is 0.369 e. The van der Waals surface area contributed by atoms with E-state index in [1.165, 1.54) is 0 Å². The second kappa shape index (κ2) is 5.18. The SMILES string of the molecule is CCC(C)(C(N)=O)c1cnc(-c2ccccc2)cn1. The molecule has 1 amide bonds. The Kier molecular flexibility index (Phi) is 3.60. The van der Waals surface area contributed by atoms with Gasteiger partial charge in [-0.1, -0.05) is 37.3 Å². The minimum absolute atomic E-state index is 0.378. The number of aromatic nitrogens is 2. The molecule has 4 nitrogen and oxygen atoms in total. The molecule has 4 heteroatoms. The average Bonchev–Trinajstić information content (AvgIpc) is 2.47. The fourth-order valence-corrected chi connectivity index (χ4v) is 1.85. The maximum atomic E-state index is 11.6. The molecule has 1 atom stereocenters. The summed E-state index contributed by atoms with van der Waals surface area (Å²) in [6.45, 7) is 3.71. The van der Waals surface area contributed by atoms with Gasteiger partial charge in [0.1, 0.15) is 0 Å². The van der Waals surface area contributed by atoms with Gasteiger partial charge in [0, 0.05) is 5.56 Å². The minimum Gasteiger partial charge on any atom is -0.369 e. The Morgan fingerprint density at radius 3 is 2.37 bits per heavy atom. The van der Waals surface area contributed by atoms with Crippen LogP contribution in [0.15, 0.2) is 42.7 Å². The first-order chi connectivity index (χ1) is 9.08. The Morgan fingerprint density at radius 2 is 1.89 bits per heavy atom. The van der Waals surface area contributed by atoms with Gasteiger partial charge in [-0.25, -0.2) is 0 Å². The van der Waals surface area contributed by atoms with Crippen molar-refractivity contribution in [3.63, 3.8) is 0 Å². The first kappa shape index (κ1) is 13.2. The summed E-state index contributed by atoms with van der Waals surface area (Å²) in [4.78, 5) is 20.3. The first-order valence-electron chi connectivity index (χ1n) is 6.26. The van der Waals surface area contributed by atoms with Crippen LogP contribution >= 0.6 is 0 Å². The molecule has 2 rings (SSSR count). The molecule has 19 heavy (non-hydrogen) atoms. The van der Waals surface area contributed by atoms with Crippen LogP contribution < -0.4 is 5.73 Å². The van der Waals surface area contributed by atoms with Crippen LogP contribution in [0.25, 0.3) is 11.3 Å². The van der Waals surface area contributed by atoms with Crippen molar-refractivity contribution in [1.82, 2.24) is 9.97 Å². The highest BCUT2D eigenvalue weighted by Gasteiger charge is 2.33. The van der Waals surface area contributed by atoms with Crippen molar-refractivity contribution in [3.05, 3.63) is 48.4 Å². The highest BCUT2D eigenvalue weighted by Crippen LogP contribution is 2.26.